The molecule has 0 saturated carbocycles. The molecule has 0 aliphatic carbocycles. The molecule has 17 heteroatoms. The van der Waals surface area contributed by atoms with Gasteiger partial charge in [-0.05, 0) is 18.2 Å². The number of ether oxygens (including phenoxy) is 2. The van der Waals surface area contributed by atoms with Crippen LogP contribution in [0.15, 0.2) is 47.7 Å². The Morgan fingerprint density at radius 3 is 2.82 bits per heavy atom. The Morgan fingerprint density at radius 2 is 2.05 bits per heavy atom. The number of fused-ring (bicyclic) bond motifs is 2. The summed E-state index contributed by atoms with van der Waals surface area (Å²) in [5.74, 6) is 0.907. The predicted molar refractivity (Wildman–Crippen MR) is 160 cm³/mol. The van der Waals surface area contributed by atoms with Crippen LogP contribution >= 0.6 is 11.3 Å². The van der Waals surface area contributed by atoms with E-state index in [4.69, 9.17) is 24.4 Å². The van der Waals surface area contributed by atoms with Crippen molar-refractivity contribution in [3.8, 4) is 0 Å². The molecule has 5 N–H and O–H groups in total. The average molecular weight is 623 g/mol. The molecule has 44 heavy (non-hydrogen) atoms. The lowest BCUT2D eigenvalue weighted by molar-refractivity contribution is -0.0624. The molecular weight excluding hydrogens is 592 g/mol. The van der Waals surface area contributed by atoms with E-state index in [1.807, 2.05) is 33.7 Å². The van der Waals surface area contributed by atoms with Crippen molar-refractivity contribution in [2.75, 3.05) is 43.6 Å². The first-order chi connectivity index (χ1) is 21.4. The van der Waals surface area contributed by atoms with E-state index >= 15 is 0 Å². The molecule has 5 atom stereocenters. The molecule has 0 spiro atoms. The zero-order chi connectivity index (χ0) is 30.4. The standard InChI is InChI=1S/C27H30N10O6S/c1-42-22-21(40)15(12-38)43-25(22)37-8-6-17(32-27(37)41)31-23-20-24(34-26(33-23)35-9-7-28-18(39)10-35)36(13-29-20)11-19-30-14-4-2-3-5-16(14)44-19/h2-6,8,13,15,18,21-22,25,28,38-40H,7,9-12H2,1H3,(H,31,32,33,34,41)/t15-,18?,21-,22-,25?/m1/s1. The fourth-order valence-corrected chi connectivity index (χ4v) is 6.43. The van der Waals surface area contributed by atoms with Gasteiger partial charge in [0.15, 0.2) is 23.2 Å². The number of anilines is 3. The highest BCUT2D eigenvalue weighted by Gasteiger charge is 2.45. The van der Waals surface area contributed by atoms with Gasteiger partial charge in [-0.15, -0.1) is 11.3 Å². The molecule has 6 heterocycles. The molecule has 7 rings (SSSR count). The molecule has 2 unspecified atom stereocenters. The van der Waals surface area contributed by atoms with Crippen molar-refractivity contribution in [2.45, 2.75) is 37.3 Å². The van der Waals surface area contributed by atoms with Gasteiger partial charge in [-0.1, -0.05) is 12.1 Å². The van der Waals surface area contributed by atoms with E-state index in [2.05, 4.69) is 20.6 Å². The third-order valence-electron chi connectivity index (χ3n) is 7.65. The van der Waals surface area contributed by atoms with Gasteiger partial charge in [0.1, 0.15) is 35.4 Å². The Kier molecular flexibility index (Phi) is 7.67. The number of piperazine rings is 1. The number of methoxy groups -OCH3 is 1. The molecule has 0 bridgehead atoms. The van der Waals surface area contributed by atoms with Crippen LogP contribution in [0.1, 0.15) is 11.2 Å². The van der Waals surface area contributed by atoms with Crippen molar-refractivity contribution >= 4 is 50.3 Å². The number of aliphatic hydroxyl groups is 3. The second-order valence-corrected chi connectivity index (χ2v) is 11.6. The van der Waals surface area contributed by atoms with Crippen molar-refractivity contribution in [3.05, 3.63) is 58.3 Å². The summed E-state index contributed by atoms with van der Waals surface area (Å²) in [5.41, 5.74) is 1.27. The highest BCUT2D eigenvalue weighted by atomic mass is 32.1. The molecule has 0 amide bonds. The minimum Gasteiger partial charge on any atom is -0.394 e. The normalized spacial score (nSPS) is 24.0. The van der Waals surface area contributed by atoms with Gasteiger partial charge in [0.05, 0.1) is 36.2 Å². The van der Waals surface area contributed by atoms with Crippen LogP contribution in [0, 0.1) is 0 Å². The van der Waals surface area contributed by atoms with Crippen molar-refractivity contribution < 1.29 is 24.8 Å². The number of hydrogen-bond acceptors (Lipinski definition) is 15. The lowest BCUT2D eigenvalue weighted by atomic mass is 10.1. The largest absolute Gasteiger partial charge is 0.394 e. The van der Waals surface area contributed by atoms with Crippen molar-refractivity contribution in [2.24, 2.45) is 0 Å². The summed E-state index contributed by atoms with van der Waals surface area (Å²) in [6.07, 6.45) is -1.46. The van der Waals surface area contributed by atoms with Crippen LogP contribution in [0.25, 0.3) is 21.4 Å². The molecule has 1 aromatic carbocycles. The number of aliphatic hydroxyl groups excluding tert-OH is 3. The minimum atomic E-state index is -1.12. The topological polar surface area (TPSA) is 198 Å². The second-order valence-electron chi connectivity index (χ2n) is 10.5. The van der Waals surface area contributed by atoms with Gasteiger partial charge in [-0.2, -0.15) is 15.0 Å². The van der Waals surface area contributed by atoms with E-state index in [0.29, 0.717) is 42.6 Å². The van der Waals surface area contributed by atoms with Gasteiger partial charge in [-0.3, -0.25) is 9.88 Å². The van der Waals surface area contributed by atoms with Crippen LogP contribution in [0.3, 0.4) is 0 Å². The van der Waals surface area contributed by atoms with Crippen LogP contribution in [0.5, 0.6) is 0 Å². The summed E-state index contributed by atoms with van der Waals surface area (Å²) < 4.78 is 15.2. The first kappa shape index (κ1) is 28.7. The number of aromatic nitrogens is 7. The maximum Gasteiger partial charge on any atom is 0.351 e. The zero-order valence-corrected chi connectivity index (χ0v) is 24.3. The summed E-state index contributed by atoms with van der Waals surface area (Å²) in [7, 11) is 1.39. The van der Waals surface area contributed by atoms with E-state index < -0.39 is 43.1 Å². The van der Waals surface area contributed by atoms with E-state index in [1.54, 1.807) is 23.7 Å². The van der Waals surface area contributed by atoms with Gasteiger partial charge in [0.25, 0.3) is 0 Å². The quantitative estimate of drug-likeness (QED) is 0.152. The average Bonchev–Trinajstić information content (AvgIpc) is 3.72. The zero-order valence-electron chi connectivity index (χ0n) is 23.5. The Balaban J connectivity index is 1.23. The highest BCUT2D eigenvalue weighted by molar-refractivity contribution is 7.18. The minimum absolute atomic E-state index is 0.199. The maximum absolute atomic E-state index is 13.1. The smallest absolute Gasteiger partial charge is 0.351 e. The molecule has 230 valence electrons. The molecular formula is C27H30N10O6S. The molecule has 0 radical (unpaired) electrons. The predicted octanol–water partition coefficient (Wildman–Crippen LogP) is -0.222. The first-order valence-corrected chi connectivity index (χ1v) is 14.8. The van der Waals surface area contributed by atoms with Gasteiger partial charge in [0, 0.05) is 26.4 Å². The van der Waals surface area contributed by atoms with Crippen LogP contribution < -0.4 is 21.2 Å². The maximum atomic E-state index is 13.1. The number of hydrogen-bond donors (Lipinski definition) is 5. The number of nitrogens with one attached hydrogen (secondary N) is 2. The molecule has 2 saturated heterocycles. The highest BCUT2D eigenvalue weighted by Crippen LogP contribution is 2.31. The molecule has 2 fully saturated rings. The molecule has 4 aromatic heterocycles. The number of benzene rings is 1. The lowest BCUT2D eigenvalue weighted by Crippen LogP contribution is -2.51. The number of thiazole rings is 1. The number of para-hydroxylation sites is 1. The Labute approximate surface area is 253 Å². The van der Waals surface area contributed by atoms with Crippen molar-refractivity contribution in [3.63, 3.8) is 0 Å². The Morgan fingerprint density at radius 1 is 1.18 bits per heavy atom. The van der Waals surface area contributed by atoms with E-state index in [-0.39, 0.29) is 12.4 Å². The third-order valence-corrected chi connectivity index (χ3v) is 8.67. The van der Waals surface area contributed by atoms with Crippen molar-refractivity contribution in [1.82, 2.24) is 39.4 Å². The summed E-state index contributed by atoms with van der Waals surface area (Å²) in [4.78, 5) is 38.0. The number of imidazole rings is 1. The number of rotatable bonds is 8. The van der Waals surface area contributed by atoms with Crippen LogP contribution in [-0.2, 0) is 16.0 Å². The van der Waals surface area contributed by atoms with Gasteiger partial charge < -0.3 is 39.6 Å². The molecule has 2 aliphatic heterocycles. The fraction of sp³-hybridized carbons (Fsp3) is 0.407. The lowest BCUT2D eigenvalue weighted by Gasteiger charge is -2.31. The summed E-state index contributed by atoms with van der Waals surface area (Å²) in [6.45, 7) is 1.42. The number of β-amino-alcohol motifs (C(OH)–C–C–N with tert-alkyl or cyclic N) is 1. The summed E-state index contributed by atoms with van der Waals surface area (Å²) >= 11 is 1.59. The monoisotopic (exact) mass is 622 g/mol. The van der Waals surface area contributed by atoms with Gasteiger partial charge >= 0.3 is 5.69 Å². The van der Waals surface area contributed by atoms with E-state index in [9.17, 15) is 20.1 Å². The fourth-order valence-electron chi connectivity index (χ4n) is 5.47. The Hall–Kier alpha value is -4.10. The number of nitrogens with zero attached hydrogens (tertiary/aromatic N) is 8. The van der Waals surface area contributed by atoms with Crippen LogP contribution in [0.4, 0.5) is 17.6 Å². The van der Waals surface area contributed by atoms with Crippen LogP contribution in [0.2, 0.25) is 0 Å². The SMILES string of the molecule is CO[C@H]1C(n2ccc(Nc3nc(N4CCNC(O)C4)nc4c3ncn4Cc3nc4ccccc4s3)nc2=O)O[C@H](CO)[C@H]1O. The molecule has 16 nitrogen and oxygen atoms in total. The summed E-state index contributed by atoms with van der Waals surface area (Å²) in [6, 6.07) is 9.51. The van der Waals surface area contributed by atoms with Gasteiger partial charge in [0.2, 0.25) is 5.95 Å². The second kappa shape index (κ2) is 11.8. The van der Waals surface area contributed by atoms with Crippen LogP contribution in [-0.4, -0.2) is 107 Å². The molecule has 2 aliphatic rings. The third kappa shape index (κ3) is 5.28. The van der Waals surface area contributed by atoms with Crippen molar-refractivity contribution in [1.29, 1.82) is 0 Å². The van der Waals surface area contributed by atoms with Gasteiger partial charge in [-0.25, -0.2) is 14.8 Å². The summed E-state index contributed by atoms with van der Waals surface area (Å²) in [5, 5.41) is 37.2. The van der Waals surface area contributed by atoms with E-state index in [1.165, 1.54) is 17.9 Å². The Bertz CT molecular complexity index is 1830. The molecule has 5 aromatic rings. The first-order valence-electron chi connectivity index (χ1n) is 14.0. The van der Waals surface area contributed by atoms with E-state index in [0.717, 1.165) is 15.2 Å².